The zero-order chi connectivity index (χ0) is 21.6. The van der Waals surface area contributed by atoms with Gasteiger partial charge >= 0.3 is 0 Å². The Bertz CT molecular complexity index is 1220. The zero-order valence-corrected chi connectivity index (χ0v) is 19.2. The molecule has 0 spiro atoms. The third-order valence-corrected chi connectivity index (χ3v) is 8.93. The summed E-state index contributed by atoms with van der Waals surface area (Å²) < 4.78 is 26.0. The van der Waals surface area contributed by atoms with Crippen LogP contribution in [0.3, 0.4) is 0 Å². The Labute approximate surface area is 186 Å². The van der Waals surface area contributed by atoms with Crippen LogP contribution in [0.25, 0.3) is 21.6 Å². The van der Waals surface area contributed by atoms with Crippen LogP contribution < -0.4 is 0 Å². The highest BCUT2D eigenvalue weighted by Crippen LogP contribution is 2.34. The van der Waals surface area contributed by atoms with Gasteiger partial charge in [-0.25, -0.2) is 18.1 Å². The van der Waals surface area contributed by atoms with Gasteiger partial charge in [0.05, 0.1) is 44.8 Å². The van der Waals surface area contributed by atoms with Crippen LogP contribution in [-0.4, -0.2) is 58.6 Å². The molecule has 0 radical (unpaired) electrons. The Morgan fingerprint density at radius 3 is 2.61 bits per heavy atom. The molecule has 0 saturated carbocycles. The van der Waals surface area contributed by atoms with Gasteiger partial charge in [-0.05, 0) is 43.7 Å². The smallest absolute Gasteiger partial charge is 0.254 e. The average molecular weight is 459 g/mol. The first-order chi connectivity index (χ1) is 14.9. The number of aromatic nitrogens is 3. The minimum absolute atomic E-state index is 0.0220. The second kappa shape index (κ2) is 8.02. The fourth-order valence-corrected chi connectivity index (χ4v) is 7.08. The van der Waals surface area contributed by atoms with E-state index in [4.69, 9.17) is 4.98 Å². The van der Waals surface area contributed by atoms with Gasteiger partial charge < -0.3 is 4.90 Å². The predicted octanol–water partition coefficient (Wildman–Crippen LogP) is 3.84. The summed E-state index contributed by atoms with van der Waals surface area (Å²) in [6, 6.07) is 5.61. The molecule has 7 nitrogen and oxygen atoms in total. The minimum Gasteiger partial charge on any atom is -0.339 e. The molecule has 9 heteroatoms. The molecular formula is C22H26N4O3S2. The maximum atomic E-state index is 13.6. The van der Waals surface area contributed by atoms with Crippen molar-refractivity contribution in [1.82, 2.24) is 19.7 Å². The fraction of sp³-hybridized carbons (Fsp3) is 0.500. The summed E-state index contributed by atoms with van der Waals surface area (Å²) in [6.07, 6.45) is 4.89. The number of nitrogens with zero attached hydrogens (tertiary/aromatic N) is 4. The summed E-state index contributed by atoms with van der Waals surface area (Å²) in [7, 11) is -3.07. The molecule has 2 fully saturated rings. The summed E-state index contributed by atoms with van der Waals surface area (Å²) >= 11 is 1.58. The highest BCUT2D eigenvalue weighted by Gasteiger charge is 2.33. The second-order valence-electron chi connectivity index (χ2n) is 8.52. The van der Waals surface area contributed by atoms with E-state index in [-0.39, 0.29) is 23.5 Å². The number of rotatable bonds is 3. The standard InChI is InChI=1S/C22H26N4O3S2/c1-15-20-17(22(27)25-9-4-2-3-5-10-25)13-18(19-7-6-11-30-19)23-21(20)26(24-15)16-8-12-31(28,29)14-16/h6-7,11,13,16H,2-5,8-10,12,14H2,1H3/t16-/m1/s1. The lowest BCUT2D eigenvalue weighted by Crippen LogP contribution is -2.32. The van der Waals surface area contributed by atoms with Crippen molar-refractivity contribution in [1.29, 1.82) is 0 Å². The number of thiophene rings is 1. The number of likely N-dealkylation sites (tertiary alicyclic amines) is 1. The summed E-state index contributed by atoms with van der Waals surface area (Å²) in [4.78, 5) is 21.5. The maximum absolute atomic E-state index is 13.6. The average Bonchev–Trinajstić information content (AvgIpc) is 3.42. The van der Waals surface area contributed by atoms with E-state index < -0.39 is 9.84 Å². The molecule has 0 aliphatic carbocycles. The van der Waals surface area contributed by atoms with Gasteiger partial charge in [0.2, 0.25) is 0 Å². The van der Waals surface area contributed by atoms with E-state index in [0.717, 1.165) is 60.4 Å². The Kier molecular flexibility index (Phi) is 5.34. The van der Waals surface area contributed by atoms with Crippen molar-refractivity contribution in [3.63, 3.8) is 0 Å². The van der Waals surface area contributed by atoms with Gasteiger partial charge in [-0.2, -0.15) is 5.10 Å². The van der Waals surface area contributed by atoms with Crippen molar-refractivity contribution in [2.45, 2.75) is 45.1 Å². The number of sulfone groups is 1. The van der Waals surface area contributed by atoms with Gasteiger partial charge in [0.25, 0.3) is 5.91 Å². The van der Waals surface area contributed by atoms with E-state index in [9.17, 15) is 13.2 Å². The molecule has 31 heavy (non-hydrogen) atoms. The van der Waals surface area contributed by atoms with Crippen molar-refractivity contribution in [3.8, 4) is 10.6 Å². The van der Waals surface area contributed by atoms with E-state index in [1.54, 1.807) is 16.0 Å². The van der Waals surface area contributed by atoms with Crippen molar-refractivity contribution >= 4 is 38.1 Å². The first-order valence-electron chi connectivity index (χ1n) is 10.9. The molecule has 2 saturated heterocycles. The molecule has 0 aromatic carbocycles. The highest BCUT2D eigenvalue weighted by atomic mass is 32.2. The van der Waals surface area contributed by atoms with Crippen molar-refractivity contribution in [3.05, 3.63) is 34.8 Å². The van der Waals surface area contributed by atoms with Gasteiger partial charge in [-0.15, -0.1) is 11.3 Å². The van der Waals surface area contributed by atoms with E-state index >= 15 is 0 Å². The zero-order valence-electron chi connectivity index (χ0n) is 17.6. The first-order valence-corrected chi connectivity index (χ1v) is 13.6. The molecule has 0 N–H and O–H groups in total. The number of carbonyl (C=O) groups excluding carboxylic acids is 1. The Morgan fingerprint density at radius 2 is 1.97 bits per heavy atom. The quantitative estimate of drug-likeness (QED) is 0.595. The summed E-state index contributed by atoms with van der Waals surface area (Å²) in [5.41, 5.74) is 2.70. The molecule has 3 aromatic rings. The number of carbonyl (C=O) groups is 1. The Morgan fingerprint density at radius 1 is 1.19 bits per heavy atom. The molecule has 0 bridgehead atoms. The van der Waals surface area contributed by atoms with Gasteiger partial charge in [-0.1, -0.05) is 18.9 Å². The van der Waals surface area contributed by atoms with Gasteiger partial charge in [0.1, 0.15) is 0 Å². The van der Waals surface area contributed by atoms with Gasteiger partial charge in [0.15, 0.2) is 15.5 Å². The van der Waals surface area contributed by atoms with Crippen molar-refractivity contribution in [2.75, 3.05) is 24.6 Å². The lowest BCUT2D eigenvalue weighted by Gasteiger charge is -2.21. The normalized spacial score (nSPS) is 21.5. The number of aryl methyl sites for hydroxylation is 1. The summed E-state index contributed by atoms with van der Waals surface area (Å²) in [6.45, 7) is 3.42. The lowest BCUT2D eigenvalue weighted by atomic mass is 10.1. The van der Waals surface area contributed by atoms with Gasteiger partial charge in [0, 0.05) is 13.1 Å². The van der Waals surface area contributed by atoms with Crippen molar-refractivity contribution in [2.24, 2.45) is 0 Å². The van der Waals surface area contributed by atoms with Crippen molar-refractivity contribution < 1.29 is 13.2 Å². The van der Waals surface area contributed by atoms with Crippen LogP contribution in [0.2, 0.25) is 0 Å². The fourth-order valence-electron chi connectivity index (χ4n) is 4.70. The van der Waals surface area contributed by atoms with E-state index in [1.165, 1.54) is 0 Å². The number of hydrogen-bond acceptors (Lipinski definition) is 6. The molecule has 0 unspecified atom stereocenters. The summed E-state index contributed by atoms with van der Waals surface area (Å²) in [5, 5.41) is 7.43. The molecule has 5 heterocycles. The predicted molar refractivity (Wildman–Crippen MR) is 122 cm³/mol. The Balaban J connectivity index is 1.68. The summed E-state index contributed by atoms with van der Waals surface area (Å²) in [5.74, 6) is 0.264. The lowest BCUT2D eigenvalue weighted by molar-refractivity contribution is 0.0763. The van der Waals surface area contributed by atoms with Crippen LogP contribution in [-0.2, 0) is 9.84 Å². The van der Waals surface area contributed by atoms with E-state index in [1.807, 2.05) is 35.4 Å². The Hall–Kier alpha value is -2.26. The third kappa shape index (κ3) is 3.89. The van der Waals surface area contributed by atoms with Crippen LogP contribution in [0.4, 0.5) is 0 Å². The van der Waals surface area contributed by atoms with E-state index in [0.29, 0.717) is 17.6 Å². The SMILES string of the molecule is Cc1nn([C@@H]2CCS(=O)(=O)C2)c2nc(-c3cccs3)cc(C(=O)N3CCCCCC3)c12. The first kappa shape index (κ1) is 20.6. The van der Waals surface area contributed by atoms with E-state index in [2.05, 4.69) is 5.10 Å². The van der Waals surface area contributed by atoms with Crippen LogP contribution >= 0.6 is 11.3 Å². The van der Waals surface area contributed by atoms with Crippen LogP contribution in [0, 0.1) is 6.92 Å². The monoisotopic (exact) mass is 458 g/mol. The third-order valence-electron chi connectivity index (χ3n) is 6.29. The van der Waals surface area contributed by atoms with Crippen LogP contribution in [0.15, 0.2) is 23.6 Å². The topological polar surface area (TPSA) is 85.2 Å². The maximum Gasteiger partial charge on any atom is 0.254 e. The molecule has 1 atom stereocenters. The largest absolute Gasteiger partial charge is 0.339 e. The molecular weight excluding hydrogens is 432 g/mol. The molecule has 2 aliphatic rings. The number of fused-ring (bicyclic) bond motifs is 1. The molecule has 2 aliphatic heterocycles. The number of hydrogen-bond donors (Lipinski definition) is 0. The van der Waals surface area contributed by atoms with Crippen LogP contribution in [0.5, 0.6) is 0 Å². The molecule has 5 rings (SSSR count). The molecule has 3 aromatic heterocycles. The van der Waals surface area contributed by atoms with Gasteiger partial charge in [-0.3, -0.25) is 4.79 Å². The number of pyridine rings is 1. The highest BCUT2D eigenvalue weighted by molar-refractivity contribution is 7.91. The molecule has 1 amide bonds. The number of amides is 1. The van der Waals surface area contributed by atoms with Crippen LogP contribution in [0.1, 0.15) is 54.2 Å². The molecule has 164 valence electrons. The minimum atomic E-state index is -3.07. The second-order valence-corrected chi connectivity index (χ2v) is 11.7.